The molecule has 0 saturated carbocycles. The molecule has 0 aliphatic carbocycles. The van der Waals surface area contributed by atoms with Gasteiger partial charge in [-0.05, 0) is 95.4 Å². The topological polar surface area (TPSA) is 151 Å². The van der Waals surface area contributed by atoms with E-state index in [9.17, 15) is 22.8 Å². The summed E-state index contributed by atoms with van der Waals surface area (Å²) in [5.74, 6) is -0.246. The van der Waals surface area contributed by atoms with E-state index in [-0.39, 0.29) is 42.0 Å². The van der Waals surface area contributed by atoms with E-state index < -0.39 is 27.5 Å². The number of piperidine rings is 1. The molecule has 0 spiro atoms. The van der Waals surface area contributed by atoms with E-state index in [1.807, 2.05) is 26.0 Å². The number of furan rings is 1. The molecule has 2 aliphatic heterocycles. The van der Waals surface area contributed by atoms with Crippen molar-refractivity contribution in [2.24, 2.45) is 0 Å². The molecule has 12 nitrogen and oxygen atoms in total. The predicted octanol–water partition coefficient (Wildman–Crippen LogP) is 3.52. The van der Waals surface area contributed by atoms with E-state index in [0.29, 0.717) is 31.5 Å². The van der Waals surface area contributed by atoms with E-state index in [1.54, 1.807) is 24.3 Å². The normalized spacial score (nSPS) is 18.7. The third-order valence-electron chi connectivity index (χ3n) is 8.46. The van der Waals surface area contributed by atoms with Crippen molar-refractivity contribution in [1.29, 1.82) is 0 Å². The fourth-order valence-corrected chi connectivity index (χ4v) is 7.18. The lowest BCUT2D eigenvalue weighted by Gasteiger charge is -2.26. The Hall–Kier alpha value is -3.81. The summed E-state index contributed by atoms with van der Waals surface area (Å²) in [5.41, 5.74) is -0.179. The van der Waals surface area contributed by atoms with Crippen LogP contribution in [0.5, 0.6) is 5.75 Å². The van der Waals surface area contributed by atoms with Gasteiger partial charge in [0.15, 0.2) is 16.6 Å². The number of Topliss-reactive ketones (excluding diaryl/α,β-unsaturated/α-hetero) is 1. The number of ketones is 1. The number of fused-ring (bicyclic) bond motifs is 1. The van der Waals surface area contributed by atoms with Gasteiger partial charge < -0.3 is 19.8 Å². The fourth-order valence-electron chi connectivity index (χ4n) is 5.81. The molecule has 2 fully saturated rings. The average Bonchev–Trinajstić information content (AvgIpc) is 3.38. The smallest absolute Gasteiger partial charge is 0.287 e. The first kappa shape index (κ1) is 33.6. The summed E-state index contributed by atoms with van der Waals surface area (Å²) in [6.07, 6.45) is 6.27. The van der Waals surface area contributed by atoms with Gasteiger partial charge in [0.05, 0.1) is 12.6 Å². The van der Waals surface area contributed by atoms with Crippen molar-refractivity contribution in [3.63, 3.8) is 0 Å². The van der Waals surface area contributed by atoms with Gasteiger partial charge >= 0.3 is 0 Å². The quantitative estimate of drug-likeness (QED) is 0.299. The largest absolute Gasteiger partial charge is 0.492 e. The van der Waals surface area contributed by atoms with Gasteiger partial charge in [0.2, 0.25) is 5.91 Å². The molecule has 1 aromatic carbocycles. The van der Waals surface area contributed by atoms with Crippen molar-refractivity contribution in [3.8, 4) is 5.75 Å². The van der Waals surface area contributed by atoms with Crippen LogP contribution in [0.15, 0.2) is 58.1 Å². The van der Waals surface area contributed by atoms with Crippen LogP contribution in [0.2, 0.25) is 0 Å². The molecule has 2 N–H and O–H groups in total. The summed E-state index contributed by atoms with van der Waals surface area (Å²) in [6.45, 7) is 7.16. The molecule has 2 amide bonds. The maximum absolute atomic E-state index is 13.1. The minimum atomic E-state index is -3.92. The SMILES string of the molecule is CC(C)(CCC(=O)N[C@H]1CCCN(S(=O)(=O)c2ccccn2)CC1=O)NC(=O)c1cc2cc(OCCN3CCCCC3)ccc2o1. The van der Waals surface area contributed by atoms with Crippen molar-refractivity contribution in [1.82, 2.24) is 24.8 Å². The first-order valence-corrected chi connectivity index (χ1v) is 17.4. The van der Waals surface area contributed by atoms with Crippen LogP contribution in [-0.4, -0.2) is 91.1 Å². The Balaban J connectivity index is 1.09. The third-order valence-corrected chi connectivity index (χ3v) is 10.2. The summed E-state index contributed by atoms with van der Waals surface area (Å²) in [7, 11) is -3.92. The molecule has 46 heavy (non-hydrogen) atoms. The molecular weight excluding hydrogens is 610 g/mol. The Bertz CT molecular complexity index is 1630. The summed E-state index contributed by atoms with van der Waals surface area (Å²) in [4.78, 5) is 45.2. The van der Waals surface area contributed by atoms with Gasteiger partial charge in [0, 0.05) is 36.6 Å². The first-order chi connectivity index (χ1) is 22.0. The summed E-state index contributed by atoms with van der Waals surface area (Å²) in [6, 6.07) is 11.0. The molecule has 0 bridgehead atoms. The molecule has 2 saturated heterocycles. The highest BCUT2D eigenvalue weighted by molar-refractivity contribution is 7.89. The number of hydrogen-bond acceptors (Lipinski definition) is 9. The number of amides is 2. The number of aromatic nitrogens is 1. The van der Waals surface area contributed by atoms with Crippen molar-refractivity contribution in [2.45, 2.75) is 75.4 Å². The molecule has 2 aliphatic rings. The number of hydrogen-bond donors (Lipinski definition) is 2. The lowest BCUT2D eigenvalue weighted by atomic mass is 9.97. The Morgan fingerprint density at radius 2 is 1.87 bits per heavy atom. The number of ether oxygens (including phenoxy) is 1. The molecule has 13 heteroatoms. The van der Waals surface area contributed by atoms with Crippen LogP contribution in [0.1, 0.15) is 69.3 Å². The zero-order chi connectivity index (χ0) is 32.7. The Kier molecular flexibility index (Phi) is 10.7. The van der Waals surface area contributed by atoms with Gasteiger partial charge in [-0.15, -0.1) is 0 Å². The molecule has 5 rings (SSSR count). The highest BCUT2D eigenvalue weighted by Gasteiger charge is 2.34. The second-order valence-corrected chi connectivity index (χ2v) is 14.5. The third kappa shape index (κ3) is 8.71. The molecule has 1 atom stereocenters. The number of rotatable bonds is 12. The summed E-state index contributed by atoms with van der Waals surface area (Å²) >= 11 is 0. The number of carbonyl (C=O) groups is 3. The molecule has 248 valence electrons. The molecular formula is C33H43N5O7S. The van der Waals surface area contributed by atoms with Crippen molar-refractivity contribution >= 4 is 38.6 Å². The lowest BCUT2D eigenvalue weighted by molar-refractivity contribution is -0.127. The number of nitrogens with zero attached hydrogens (tertiary/aromatic N) is 3. The molecule has 4 heterocycles. The van der Waals surface area contributed by atoms with Crippen LogP contribution in [-0.2, 0) is 19.6 Å². The van der Waals surface area contributed by atoms with Crippen LogP contribution in [0.25, 0.3) is 11.0 Å². The van der Waals surface area contributed by atoms with Crippen molar-refractivity contribution in [2.75, 3.05) is 39.3 Å². The number of pyridine rings is 1. The van der Waals surface area contributed by atoms with Crippen LogP contribution < -0.4 is 15.4 Å². The maximum atomic E-state index is 13.1. The first-order valence-electron chi connectivity index (χ1n) is 15.9. The number of sulfonamides is 1. The number of carbonyl (C=O) groups excluding carboxylic acids is 3. The second-order valence-electron chi connectivity index (χ2n) is 12.6. The van der Waals surface area contributed by atoms with Crippen molar-refractivity contribution in [3.05, 3.63) is 54.4 Å². The monoisotopic (exact) mass is 653 g/mol. The van der Waals surface area contributed by atoms with E-state index in [1.165, 1.54) is 31.5 Å². The predicted molar refractivity (Wildman–Crippen MR) is 172 cm³/mol. The van der Waals surface area contributed by atoms with E-state index >= 15 is 0 Å². The van der Waals surface area contributed by atoms with Gasteiger partial charge in [-0.2, -0.15) is 4.31 Å². The Labute approximate surface area is 269 Å². The van der Waals surface area contributed by atoms with Crippen LogP contribution in [0, 0.1) is 0 Å². The van der Waals surface area contributed by atoms with Gasteiger partial charge in [0.25, 0.3) is 15.9 Å². The molecule has 3 aromatic rings. The number of nitrogens with one attached hydrogen (secondary N) is 2. The Morgan fingerprint density at radius 1 is 1.07 bits per heavy atom. The van der Waals surface area contributed by atoms with E-state index in [4.69, 9.17) is 9.15 Å². The zero-order valence-electron chi connectivity index (χ0n) is 26.5. The van der Waals surface area contributed by atoms with Gasteiger partial charge in [-0.3, -0.25) is 19.3 Å². The highest BCUT2D eigenvalue weighted by atomic mass is 32.2. The van der Waals surface area contributed by atoms with Gasteiger partial charge in [-0.25, -0.2) is 13.4 Å². The van der Waals surface area contributed by atoms with Gasteiger partial charge in [0.1, 0.15) is 17.9 Å². The molecule has 0 unspecified atom stereocenters. The number of benzene rings is 1. The molecule has 0 radical (unpaired) electrons. The van der Waals surface area contributed by atoms with E-state index in [2.05, 4.69) is 20.5 Å². The van der Waals surface area contributed by atoms with Crippen molar-refractivity contribution < 1.29 is 32.0 Å². The standard InChI is InChI=1S/C33H43N5O7S/c1-33(2,14-13-30(40)35-26-9-8-18-38(23-27(26)39)46(42,43)31-10-4-5-15-34-31)36-32(41)29-22-24-21-25(11-12-28(24)45-29)44-20-19-37-16-6-3-7-17-37/h4-5,10-12,15,21-22,26H,3,6-9,13-14,16-20,23H2,1-2H3,(H,35,40)(H,36,41)/t26-/m0/s1. The minimum Gasteiger partial charge on any atom is -0.492 e. The lowest BCUT2D eigenvalue weighted by Crippen LogP contribution is -2.46. The van der Waals surface area contributed by atoms with Crippen LogP contribution in [0.3, 0.4) is 0 Å². The second kappa shape index (κ2) is 14.7. The van der Waals surface area contributed by atoms with Crippen LogP contribution >= 0.6 is 0 Å². The Morgan fingerprint density at radius 3 is 2.63 bits per heavy atom. The molecule has 2 aromatic heterocycles. The van der Waals surface area contributed by atoms with E-state index in [0.717, 1.165) is 35.1 Å². The van der Waals surface area contributed by atoms with Crippen LogP contribution in [0.4, 0.5) is 0 Å². The highest BCUT2D eigenvalue weighted by Crippen LogP contribution is 2.25. The summed E-state index contributed by atoms with van der Waals surface area (Å²) < 4.78 is 38.8. The fraction of sp³-hybridized carbons (Fsp3) is 0.515. The summed E-state index contributed by atoms with van der Waals surface area (Å²) in [5, 5.41) is 6.35. The average molecular weight is 654 g/mol. The minimum absolute atomic E-state index is 0.0608. The zero-order valence-corrected chi connectivity index (χ0v) is 27.3. The number of likely N-dealkylation sites (tertiary alicyclic amines) is 1. The van der Waals surface area contributed by atoms with Gasteiger partial charge in [-0.1, -0.05) is 12.5 Å². The maximum Gasteiger partial charge on any atom is 0.287 e.